The average molecular weight is 1020 g/mol. The molecule has 2 heterocycles. The van der Waals surface area contributed by atoms with E-state index in [4.69, 9.17) is 0 Å². The zero-order chi connectivity index (χ0) is 52.6. The van der Waals surface area contributed by atoms with Crippen LogP contribution in [-0.2, 0) is 23.2 Å². The summed E-state index contributed by atoms with van der Waals surface area (Å²) in [5.41, 5.74) is 12.6. The van der Waals surface area contributed by atoms with Gasteiger partial charge in [-0.25, -0.2) is 0 Å². The van der Waals surface area contributed by atoms with Gasteiger partial charge in [-0.3, -0.25) is 0 Å². The summed E-state index contributed by atoms with van der Waals surface area (Å²) < 4.78 is 82.7. The van der Waals surface area contributed by atoms with Crippen molar-refractivity contribution >= 4 is 44.3 Å². The van der Waals surface area contributed by atoms with Crippen molar-refractivity contribution in [2.45, 2.75) is 113 Å². The summed E-state index contributed by atoms with van der Waals surface area (Å²) in [5.74, 6) is 0. The molecule has 0 spiro atoms. The number of rotatable bonds is 6. The molecular weight excluding hydrogens is 959 g/mol. The number of fused-ring (bicyclic) bond motifs is 8. The van der Waals surface area contributed by atoms with Crippen LogP contribution in [0.25, 0.3) is 66.1 Å². The fourth-order valence-corrected chi connectivity index (χ4v) is 14.7. The largest absolute Gasteiger partial charge is 0.416 e. The molecule has 2 saturated carbocycles. The molecule has 4 unspecified atom stereocenters. The van der Waals surface area contributed by atoms with Crippen molar-refractivity contribution in [2.24, 2.45) is 0 Å². The summed E-state index contributed by atoms with van der Waals surface area (Å²) in [6.07, 6.45) is -0.737. The summed E-state index contributed by atoms with van der Waals surface area (Å²) in [7, 11) is 0. The smallest absolute Gasteiger partial charge is 0.334 e. The van der Waals surface area contributed by atoms with Crippen LogP contribution in [0, 0.1) is 0 Å². The molecule has 4 aliphatic rings. The molecule has 2 fully saturated rings. The Hall–Kier alpha value is -7.32. The van der Waals surface area contributed by atoms with Gasteiger partial charge in [0.15, 0.2) is 0 Å². The van der Waals surface area contributed by atoms with E-state index in [2.05, 4.69) is 171 Å². The number of nitrogens with zero attached hydrogens (tertiary/aromatic N) is 2. The van der Waals surface area contributed by atoms with Gasteiger partial charge < -0.3 is 9.80 Å². The molecule has 0 saturated heterocycles. The normalized spacial score (nSPS) is 23.1. The van der Waals surface area contributed by atoms with Gasteiger partial charge in [-0.05, 0) is 202 Å². The lowest BCUT2D eigenvalue weighted by Crippen LogP contribution is -2.54. The zero-order valence-corrected chi connectivity index (χ0v) is 43.1. The third-order valence-corrected chi connectivity index (χ3v) is 19.0. The molecule has 8 heteroatoms. The van der Waals surface area contributed by atoms with Crippen molar-refractivity contribution in [1.82, 2.24) is 0 Å². The van der Waals surface area contributed by atoms with Crippen LogP contribution in [0.3, 0.4) is 0 Å². The number of benzene rings is 9. The predicted molar refractivity (Wildman–Crippen MR) is 299 cm³/mol. The zero-order valence-electron chi connectivity index (χ0n) is 43.1. The van der Waals surface area contributed by atoms with Gasteiger partial charge in [0.05, 0.1) is 22.2 Å². The van der Waals surface area contributed by atoms with E-state index in [-0.39, 0.29) is 21.9 Å². The summed E-state index contributed by atoms with van der Waals surface area (Å²) >= 11 is 0. The SMILES string of the molecule is CC12CCCCC1(C)N(c1ccc(C(F)(F)F)cc1)c1ccc(-c3ccc4c(-c5ccccc5)c5cc(-c6ccc7c(c6)C6(C)CCCCC6(C)N7c6ccc(C(F)(F)F)cc6)ccc5c(-c5ccccc5)c4c3)cc12. The van der Waals surface area contributed by atoms with Crippen LogP contribution >= 0.6 is 0 Å². The predicted octanol–water partition coefficient (Wildman–Crippen LogP) is 20.2. The lowest BCUT2D eigenvalue weighted by atomic mass is 9.61. The summed E-state index contributed by atoms with van der Waals surface area (Å²) in [6, 6.07) is 59.9. The fourth-order valence-electron chi connectivity index (χ4n) is 14.7. The molecule has 4 atom stereocenters. The Bertz CT molecular complexity index is 3510. The summed E-state index contributed by atoms with van der Waals surface area (Å²) in [6.45, 7) is 9.30. The van der Waals surface area contributed by atoms with Crippen molar-refractivity contribution in [3.05, 3.63) is 204 Å². The molecule has 0 N–H and O–H groups in total. The molecular formula is C68H58F6N2. The Morgan fingerprint density at radius 1 is 0.342 bits per heavy atom. The van der Waals surface area contributed by atoms with Crippen molar-refractivity contribution in [2.75, 3.05) is 9.80 Å². The van der Waals surface area contributed by atoms with Crippen molar-refractivity contribution in [3.63, 3.8) is 0 Å². The van der Waals surface area contributed by atoms with E-state index in [1.807, 2.05) is 0 Å². The van der Waals surface area contributed by atoms with E-state index in [0.29, 0.717) is 0 Å². The molecule has 2 aliphatic carbocycles. The standard InChI is InChI=1S/C68H58F6N2/c1-63-35-11-13-37-65(63,3)75(51-27-23-49(24-28-51)67(69,70)71)59-33-21-47(41-57(59)63)45-19-31-53-55(39-45)61(43-15-7-5-8-16-43)54-32-20-46(40-56(54)62(53)44-17-9-6-10-18-44)48-22-34-60-58(42-48)64(2)36-12-14-38-66(64,4)76(60)52-29-25-50(26-30-52)68(72,73)74/h5-10,15-34,39-42H,11-14,35-38H2,1-4H3. The monoisotopic (exact) mass is 1020 g/mol. The lowest BCUT2D eigenvalue weighted by Gasteiger charge is -2.50. The van der Waals surface area contributed by atoms with E-state index in [1.165, 1.54) is 35.4 Å². The minimum atomic E-state index is -4.41. The van der Waals surface area contributed by atoms with Crippen LogP contribution in [0.2, 0.25) is 0 Å². The third-order valence-electron chi connectivity index (χ3n) is 19.0. The van der Waals surface area contributed by atoms with E-state index in [9.17, 15) is 26.3 Å². The maximum absolute atomic E-state index is 13.8. The minimum absolute atomic E-state index is 0.238. The molecule has 2 nitrogen and oxygen atoms in total. The maximum atomic E-state index is 13.8. The van der Waals surface area contributed by atoms with Gasteiger partial charge in [0, 0.05) is 33.6 Å². The van der Waals surface area contributed by atoms with Gasteiger partial charge in [0.25, 0.3) is 0 Å². The Labute approximate surface area is 440 Å². The lowest BCUT2D eigenvalue weighted by molar-refractivity contribution is -0.138. The topological polar surface area (TPSA) is 6.48 Å². The summed E-state index contributed by atoms with van der Waals surface area (Å²) in [4.78, 5) is 4.64. The number of halogens is 6. The van der Waals surface area contributed by atoms with Gasteiger partial charge >= 0.3 is 12.4 Å². The molecule has 9 aromatic rings. The molecule has 0 radical (unpaired) electrons. The first-order valence-electron chi connectivity index (χ1n) is 26.8. The molecule has 9 aromatic carbocycles. The first kappa shape index (κ1) is 48.3. The Kier molecular flexibility index (Phi) is 10.9. The highest BCUT2D eigenvalue weighted by molar-refractivity contribution is 6.22. The van der Waals surface area contributed by atoms with Gasteiger partial charge in [0.1, 0.15) is 0 Å². The number of hydrogen-bond acceptors (Lipinski definition) is 2. The van der Waals surface area contributed by atoms with Crippen molar-refractivity contribution in [3.8, 4) is 44.5 Å². The Morgan fingerprint density at radius 2 is 0.684 bits per heavy atom. The Balaban J connectivity index is 0.972. The molecule has 0 bridgehead atoms. The van der Waals surface area contributed by atoms with Gasteiger partial charge in [0.2, 0.25) is 0 Å². The highest BCUT2D eigenvalue weighted by atomic mass is 19.4. The van der Waals surface area contributed by atoms with Crippen molar-refractivity contribution < 1.29 is 26.3 Å². The second-order valence-corrected chi connectivity index (χ2v) is 22.9. The minimum Gasteiger partial charge on any atom is -0.334 e. The molecule has 76 heavy (non-hydrogen) atoms. The molecule has 0 amide bonds. The first-order chi connectivity index (χ1) is 36.4. The fraction of sp³-hybridized carbons (Fsp3) is 0.265. The van der Waals surface area contributed by atoms with Gasteiger partial charge in [-0.2, -0.15) is 26.3 Å². The highest BCUT2D eigenvalue weighted by Crippen LogP contribution is 2.63. The van der Waals surface area contributed by atoms with E-state index in [1.54, 1.807) is 24.3 Å². The number of hydrogen-bond donors (Lipinski definition) is 0. The highest BCUT2D eigenvalue weighted by Gasteiger charge is 2.59. The third kappa shape index (κ3) is 7.14. The van der Waals surface area contributed by atoms with E-state index in [0.717, 1.165) is 140 Å². The molecule has 0 aromatic heterocycles. The van der Waals surface area contributed by atoms with Gasteiger partial charge in [-0.15, -0.1) is 0 Å². The quantitative estimate of drug-likeness (QED) is 0.121. The van der Waals surface area contributed by atoms with Crippen LogP contribution < -0.4 is 9.80 Å². The van der Waals surface area contributed by atoms with Crippen LogP contribution in [0.5, 0.6) is 0 Å². The Morgan fingerprint density at radius 3 is 1.05 bits per heavy atom. The molecule has 382 valence electrons. The van der Waals surface area contributed by atoms with Crippen LogP contribution in [0.15, 0.2) is 182 Å². The maximum Gasteiger partial charge on any atom is 0.416 e. The molecule has 13 rings (SSSR count). The molecule has 2 aliphatic heterocycles. The van der Waals surface area contributed by atoms with Gasteiger partial charge in [-0.1, -0.05) is 137 Å². The second-order valence-electron chi connectivity index (χ2n) is 22.9. The first-order valence-corrected chi connectivity index (χ1v) is 26.8. The summed E-state index contributed by atoms with van der Waals surface area (Å²) in [5, 5.41) is 4.53. The average Bonchev–Trinajstić information content (AvgIpc) is 3.88. The van der Waals surface area contributed by atoms with Crippen molar-refractivity contribution in [1.29, 1.82) is 0 Å². The second kappa shape index (κ2) is 17.1. The number of alkyl halides is 6. The van der Waals surface area contributed by atoms with E-state index >= 15 is 0 Å². The number of anilines is 4. The van der Waals surface area contributed by atoms with Crippen LogP contribution in [0.1, 0.15) is 101 Å². The van der Waals surface area contributed by atoms with E-state index < -0.39 is 23.5 Å². The van der Waals surface area contributed by atoms with Crippen LogP contribution in [0.4, 0.5) is 49.1 Å². The van der Waals surface area contributed by atoms with Crippen LogP contribution in [-0.4, -0.2) is 11.1 Å².